The average molecular weight is 288 g/mol. The quantitative estimate of drug-likeness (QED) is 0.835. The molecule has 0 saturated carbocycles. The number of likely N-dealkylation sites (N-methyl/N-ethyl adjacent to an activating group) is 1. The van der Waals surface area contributed by atoms with E-state index >= 15 is 0 Å². The molecule has 0 aromatic heterocycles. The number of amides is 1. The lowest BCUT2D eigenvalue weighted by Crippen LogP contribution is -2.36. The van der Waals surface area contributed by atoms with Gasteiger partial charge in [-0.2, -0.15) is 0 Å². The van der Waals surface area contributed by atoms with Crippen LogP contribution in [0.1, 0.15) is 50.3 Å². The maximum absolute atomic E-state index is 12.2. The van der Waals surface area contributed by atoms with Crippen LogP contribution in [0.3, 0.4) is 0 Å². The average Bonchev–Trinajstić information content (AvgIpc) is 2.79. The Morgan fingerprint density at radius 3 is 2.86 bits per heavy atom. The van der Waals surface area contributed by atoms with Gasteiger partial charge in [-0.25, -0.2) is 0 Å². The number of carbonyl (C=O) groups excluding carboxylic acids is 1. The highest BCUT2D eigenvalue weighted by atomic mass is 16.2. The minimum Gasteiger partial charge on any atom is -0.340 e. The fourth-order valence-corrected chi connectivity index (χ4v) is 3.27. The van der Waals surface area contributed by atoms with E-state index in [-0.39, 0.29) is 6.04 Å². The van der Waals surface area contributed by atoms with Crippen molar-refractivity contribution in [3.05, 3.63) is 35.4 Å². The first-order chi connectivity index (χ1) is 10.1. The van der Waals surface area contributed by atoms with E-state index < -0.39 is 0 Å². The Balaban J connectivity index is 2.05. The van der Waals surface area contributed by atoms with Crippen molar-refractivity contribution < 1.29 is 4.79 Å². The normalized spacial score (nSPS) is 20.0. The van der Waals surface area contributed by atoms with Gasteiger partial charge in [0.1, 0.15) is 0 Å². The molecule has 3 heteroatoms. The number of hydrogen-bond donors (Lipinski definition) is 1. The van der Waals surface area contributed by atoms with Gasteiger partial charge in [-0.05, 0) is 31.4 Å². The smallest absolute Gasteiger partial charge is 0.222 e. The number of rotatable bonds is 7. The standard InChI is InChI=1S/C18H28N2O/c1-4-7-15-11-18(21)20(12-15)13-17(19-5-2)16-9-6-8-14(3)10-16/h6,8-10,15,17,19H,4-5,7,11-13H2,1-3H3. The van der Waals surface area contributed by atoms with E-state index in [9.17, 15) is 4.79 Å². The number of nitrogens with zero attached hydrogens (tertiary/aromatic N) is 1. The molecule has 1 aliphatic rings. The molecule has 2 rings (SSSR count). The van der Waals surface area contributed by atoms with Crippen LogP contribution in [0.5, 0.6) is 0 Å². The molecule has 3 nitrogen and oxygen atoms in total. The van der Waals surface area contributed by atoms with Crippen LogP contribution in [-0.2, 0) is 4.79 Å². The van der Waals surface area contributed by atoms with Gasteiger partial charge in [0.2, 0.25) is 5.91 Å². The third-order valence-corrected chi connectivity index (χ3v) is 4.29. The molecule has 21 heavy (non-hydrogen) atoms. The number of benzene rings is 1. The fourth-order valence-electron chi connectivity index (χ4n) is 3.27. The summed E-state index contributed by atoms with van der Waals surface area (Å²) in [6.07, 6.45) is 3.07. The zero-order chi connectivity index (χ0) is 15.2. The highest BCUT2D eigenvalue weighted by Crippen LogP contribution is 2.25. The second-order valence-electron chi connectivity index (χ2n) is 6.18. The first-order valence-corrected chi connectivity index (χ1v) is 8.21. The van der Waals surface area contributed by atoms with Gasteiger partial charge in [0.25, 0.3) is 0 Å². The topological polar surface area (TPSA) is 32.3 Å². The van der Waals surface area contributed by atoms with Crippen molar-refractivity contribution in [2.45, 2.75) is 46.1 Å². The minimum atomic E-state index is 0.235. The van der Waals surface area contributed by atoms with Crippen LogP contribution in [0, 0.1) is 12.8 Å². The molecule has 1 fully saturated rings. The molecule has 1 N–H and O–H groups in total. The Labute approximate surface area is 128 Å². The number of hydrogen-bond acceptors (Lipinski definition) is 2. The molecule has 0 bridgehead atoms. The number of carbonyl (C=O) groups is 1. The van der Waals surface area contributed by atoms with E-state index in [0.717, 1.165) is 26.1 Å². The van der Waals surface area contributed by atoms with E-state index in [2.05, 4.69) is 55.3 Å². The van der Waals surface area contributed by atoms with Crippen molar-refractivity contribution in [3.63, 3.8) is 0 Å². The summed E-state index contributed by atoms with van der Waals surface area (Å²) in [7, 11) is 0. The zero-order valence-electron chi connectivity index (χ0n) is 13.6. The van der Waals surface area contributed by atoms with E-state index in [0.29, 0.717) is 11.8 Å². The Hall–Kier alpha value is -1.35. The molecule has 1 aliphatic heterocycles. The molecule has 1 aromatic rings. The van der Waals surface area contributed by atoms with Gasteiger partial charge < -0.3 is 10.2 Å². The van der Waals surface area contributed by atoms with Gasteiger partial charge in [-0.15, -0.1) is 0 Å². The summed E-state index contributed by atoms with van der Waals surface area (Å²) in [5, 5.41) is 3.53. The number of nitrogens with one attached hydrogen (secondary N) is 1. The largest absolute Gasteiger partial charge is 0.340 e. The summed E-state index contributed by atoms with van der Waals surface area (Å²) < 4.78 is 0. The zero-order valence-corrected chi connectivity index (χ0v) is 13.6. The van der Waals surface area contributed by atoms with Crippen LogP contribution < -0.4 is 5.32 Å². The highest BCUT2D eigenvalue weighted by Gasteiger charge is 2.30. The Kier molecular flexibility index (Phi) is 5.80. The van der Waals surface area contributed by atoms with Crippen LogP contribution in [-0.4, -0.2) is 30.4 Å². The van der Waals surface area contributed by atoms with Gasteiger partial charge in [-0.1, -0.05) is 50.1 Å². The van der Waals surface area contributed by atoms with E-state index in [4.69, 9.17) is 0 Å². The third kappa shape index (κ3) is 4.31. The summed E-state index contributed by atoms with van der Waals surface area (Å²) >= 11 is 0. The molecule has 1 heterocycles. The summed E-state index contributed by atoms with van der Waals surface area (Å²) in [5.41, 5.74) is 2.55. The van der Waals surface area contributed by atoms with Crippen molar-refractivity contribution in [2.75, 3.05) is 19.6 Å². The first kappa shape index (κ1) is 16.0. The molecular formula is C18H28N2O. The third-order valence-electron chi connectivity index (χ3n) is 4.29. The summed E-state index contributed by atoms with van der Waals surface area (Å²) in [5.74, 6) is 0.881. The van der Waals surface area contributed by atoms with Gasteiger partial charge in [-0.3, -0.25) is 4.79 Å². The Bertz CT molecular complexity index is 472. The van der Waals surface area contributed by atoms with Crippen LogP contribution in [0.15, 0.2) is 24.3 Å². The molecule has 2 atom stereocenters. The lowest BCUT2D eigenvalue weighted by atomic mass is 10.0. The lowest BCUT2D eigenvalue weighted by Gasteiger charge is -2.25. The Morgan fingerprint density at radius 2 is 2.19 bits per heavy atom. The molecule has 0 spiro atoms. The molecule has 1 saturated heterocycles. The van der Waals surface area contributed by atoms with Crippen molar-refractivity contribution in [1.82, 2.24) is 10.2 Å². The van der Waals surface area contributed by atoms with Gasteiger partial charge >= 0.3 is 0 Å². The molecule has 2 unspecified atom stereocenters. The Morgan fingerprint density at radius 1 is 1.38 bits per heavy atom. The highest BCUT2D eigenvalue weighted by molar-refractivity contribution is 5.78. The van der Waals surface area contributed by atoms with E-state index in [1.807, 2.05) is 0 Å². The van der Waals surface area contributed by atoms with Crippen molar-refractivity contribution >= 4 is 5.91 Å². The molecule has 1 amide bonds. The predicted octanol–water partition coefficient (Wildman–Crippen LogP) is 3.29. The van der Waals surface area contributed by atoms with E-state index in [1.54, 1.807) is 0 Å². The summed E-state index contributed by atoms with van der Waals surface area (Å²) in [6, 6.07) is 8.83. The van der Waals surface area contributed by atoms with Crippen molar-refractivity contribution in [3.8, 4) is 0 Å². The van der Waals surface area contributed by atoms with Crippen molar-refractivity contribution in [2.24, 2.45) is 5.92 Å². The number of likely N-dealkylation sites (tertiary alicyclic amines) is 1. The molecule has 0 aliphatic carbocycles. The van der Waals surface area contributed by atoms with Crippen LogP contribution >= 0.6 is 0 Å². The molecule has 1 aromatic carbocycles. The van der Waals surface area contributed by atoms with Crippen LogP contribution in [0.4, 0.5) is 0 Å². The maximum Gasteiger partial charge on any atom is 0.222 e. The van der Waals surface area contributed by atoms with Gasteiger partial charge in [0.15, 0.2) is 0 Å². The summed E-state index contributed by atoms with van der Waals surface area (Å²) in [6.45, 7) is 9.07. The fraction of sp³-hybridized carbons (Fsp3) is 0.611. The second-order valence-corrected chi connectivity index (χ2v) is 6.18. The van der Waals surface area contributed by atoms with E-state index in [1.165, 1.54) is 24.0 Å². The maximum atomic E-state index is 12.2. The van der Waals surface area contributed by atoms with Crippen LogP contribution in [0.25, 0.3) is 0 Å². The SMILES string of the molecule is CCCC1CC(=O)N(CC(NCC)c2cccc(C)c2)C1. The molecular weight excluding hydrogens is 260 g/mol. The monoisotopic (exact) mass is 288 g/mol. The van der Waals surface area contributed by atoms with Crippen molar-refractivity contribution in [1.29, 1.82) is 0 Å². The summed E-state index contributed by atoms with van der Waals surface area (Å²) in [4.78, 5) is 14.2. The van der Waals surface area contributed by atoms with Crippen LogP contribution in [0.2, 0.25) is 0 Å². The van der Waals surface area contributed by atoms with Gasteiger partial charge in [0, 0.05) is 25.6 Å². The molecule has 116 valence electrons. The number of aryl methyl sites for hydroxylation is 1. The van der Waals surface area contributed by atoms with Gasteiger partial charge in [0.05, 0.1) is 0 Å². The minimum absolute atomic E-state index is 0.235. The first-order valence-electron chi connectivity index (χ1n) is 8.21. The second kappa shape index (κ2) is 7.60. The molecule has 0 radical (unpaired) electrons. The predicted molar refractivity (Wildman–Crippen MR) is 87.2 cm³/mol. The lowest BCUT2D eigenvalue weighted by molar-refractivity contribution is -0.128.